The molecule has 8 heteroatoms. The second kappa shape index (κ2) is 15.1. The van der Waals surface area contributed by atoms with E-state index < -0.39 is 12.6 Å². The van der Waals surface area contributed by atoms with Gasteiger partial charge in [0, 0.05) is 14.2 Å². The molecule has 0 aliphatic rings. The van der Waals surface area contributed by atoms with E-state index in [2.05, 4.69) is 0 Å². The van der Waals surface area contributed by atoms with Gasteiger partial charge in [0.1, 0.15) is 0 Å². The normalized spacial score (nSPS) is 14.4. The van der Waals surface area contributed by atoms with Crippen molar-refractivity contribution in [3.05, 3.63) is 0 Å². The van der Waals surface area contributed by atoms with Gasteiger partial charge in [-0.2, -0.15) is 0 Å². The minimum Gasteiger partial charge on any atom is -0.382 e. The first-order valence-corrected chi connectivity index (χ1v) is 6.45. The Hall–Kier alpha value is -0.320. The van der Waals surface area contributed by atoms with Crippen LogP contribution in [-0.2, 0) is 28.4 Å². The van der Waals surface area contributed by atoms with Crippen LogP contribution in [-0.4, -0.2) is 89.9 Å². The number of hydrogen-bond donors (Lipinski definition) is 2. The predicted octanol–water partition coefficient (Wildman–Crippen LogP) is -1.02. The molecular weight excluding hydrogens is 272 g/mol. The van der Waals surface area contributed by atoms with Crippen molar-refractivity contribution in [2.24, 2.45) is 0 Å². The number of aliphatic hydroxyl groups is 2. The van der Waals surface area contributed by atoms with Gasteiger partial charge in [0.2, 0.25) is 12.6 Å². The van der Waals surface area contributed by atoms with E-state index in [1.807, 2.05) is 0 Å². The van der Waals surface area contributed by atoms with Crippen LogP contribution in [0, 0.1) is 0 Å². The van der Waals surface area contributed by atoms with Gasteiger partial charge < -0.3 is 38.6 Å². The lowest BCUT2D eigenvalue weighted by Gasteiger charge is -2.18. The summed E-state index contributed by atoms with van der Waals surface area (Å²) in [5.41, 5.74) is 0. The Kier molecular flexibility index (Phi) is 14.8. The highest BCUT2D eigenvalue weighted by Crippen LogP contribution is 1.98. The van der Waals surface area contributed by atoms with Gasteiger partial charge in [-0.05, 0) is 0 Å². The molecule has 0 saturated carbocycles. The van der Waals surface area contributed by atoms with E-state index >= 15 is 0 Å². The summed E-state index contributed by atoms with van der Waals surface area (Å²) in [5.74, 6) is 0. The molecule has 122 valence electrons. The molecule has 0 rings (SSSR count). The highest BCUT2D eigenvalue weighted by atomic mass is 16.7. The van der Waals surface area contributed by atoms with Crippen molar-refractivity contribution in [3.8, 4) is 0 Å². The molecule has 20 heavy (non-hydrogen) atoms. The molecule has 0 amide bonds. The second-order valence-corrected chi connectivity index (χ2v) is 3.73. The molecule has 0 bridgehead atoms. The molecule has 0 spiro atoms. The zero-order chi connectivity index (χ0) is 15.1. The third-order valence-corrected chi connectivity index (χ3v) is 2.14. The minimum absolute atomic E-state index is 0.148. The van der Waals surface area contributed by atoms with E-state index in [9.17, 15) is 10.2 Å². The van der Waals surface area contributed by atoms with Crippen LogP contribution in [0.25, 0.3) is 0 Å². The molecule has 0 aliphatic heterocycles. The Morgan fingerprint density at radius 2 is 0.950 bits per heavy atom. The number of rotatable bonds is 15. The van der Waals surface area contributed by atoms with Crippen molar-refractivity contribution >= 4 is 0 Å². The molecule has 2 unspecified atom stereocenters. The Labute approximate surface area is 119 Å². The molecule has 0 aromatic rings. The second-order valence-electron chi connectivity index (χ2n) is 3.73. The number of aliphatic hydroxyl groups excluding tert-OH is 2. The van der Waals surface area contributed by atoms with Gasteiger partial charge in [0.05, 0.1) is 52.9 Å². The quantitative estimate of drug-likeness (QED) is 0.293. The molecule has 0 saturated heterocycles. The monoisotopic (exact) mass is 298 g/mol. The first-order chi connectivity index (χ1) is 9.72. The summed E-state index contributed by atoms with van der Waals surface area (Å²) in [4.78, 5) is 0. The van der Waals surface area contributed by atoms with Crippen LogP contribution in [0.3, 0.4) is 0 Å². The van der Waals surface area contributed by atoms with Crippen LogP contribution in [0.4, 0.5) is 0 Å². The van der Waals surface area contributed by atoms with Crippen LogP contribution in [0.5, 0.6) is 0 Å². The van der Waals surface area contributed by atoms with Crippen molar-refractivity contribution in [2.75, 3.05) is 67.1 Å². The molecule has 0 aromatic heterocycles. The molecular formula is C12H26O8. The average molecular weight is 298 g/mol. The third kappa shape index (κ3) is 12.7. The minimum atomic E-state index is -1.42. The van der Waals surface area contributed by atoms with E-state index in [1.165, 1.54) is 0 Å². The standard InChI is InChI=1S/C12H26O8/c1-15-3-5-17-7-9-19-11(13)12(14)20-10-8-18-6-4-16-2/h11-14H,3-10H2,1-2H3. The van der Waals surface area contributed by atoms with Crippen LogP contribution < -0.4 is 0 Å². The van der Waals surface area contributed by atoms with E-state index in [4.69, 9.17) is 28.4 Å². The number of ether oxygens (including phenoxy) is 6. The molecule has 2 atom stereocenters. The van der Waals surface area contributed by atoms with Gasteiger partial charge in [-0.15, -0.1) is 0 Å². The lowest BCUT2D eigenvalue weighted by atomic mass is 10.6. The number of hydrogen-bond acceptors (Lipinski definition) is 8. The molecule has 0 aliphatic carbocycles. The maximum absolute atomic E-state index is 9.42. The maximum Gasteiger partial charge on any atom is 0.206 e. The van der Waals surface area contributed by atoms with Gasteiger partial charge in [-0.25, -0.2) is 0 Å². The Bertz CT molecular complexity index is 172. The van der Waals surface area contributed by atoms with E-state index in [-0.39, 0.29) is 13.2 Å². The van der Waals surface area contributed by atoms with E-state index in [0.717, 1.165) is 0 Å². The van der Waals surface area contributed by atoms with Crippen molar-refractivity contribution in [2.45, 2.75) is 12.6 Å². The summed E-state index contributed by atoms with van der Waals surface area (Å²) in [5, 5.41) is 18.8. The fourth-order valence-electron chi connectivity index (χ4n) is 1.11. The Morgan fingerprint density at radius 1 is 0.600 bits per heavy atom. The Balaban J connectivity index is 3.35. The number of methoxy groups -OCH3 is 2. The van der Waals surface area contributed by atoms with Crippen LogP contribution >= 0.6 is 0 Å². The average Bonchev–Trinajstić information content (AvgIpc) is 2.45. The highest BCUT2D eigenvalue weighted by molar-refractivity contribution is 4.46. The largest absolute Gasteiger partial charge is 0.382 e. The first kappa shape index (κ1) is 19.7. The molecule has 0 heterocycles. The fourth-order valence-corrected chi connectivity index (χ4v) is 1.11. The smallest absolute Gasteiger partial charge is 0.206 e. The van der Waals surface area contributed by atoms with E-state index in [1.54, 1.807) is 14.2 Å². The van der Waals surface area contributed by atoms with Crippen LogP contribution in [0.15, 0.2) is 0 Å². The SMILES string of the molecule is COCCOCCOC(O)C(O)OCCOCCOC. The lowest BCUT2D eigenvalue weighted by molar-refractivity contribution is -0.256. The lowest BCUT2D eigenvalue weighted by Crippen LogP contribution is -2.33. The fraction of sp³-hybridized carbons (Fsp3) is 1.00. The summed E-state index contributed by atoms with van der Waals surface area (Å²) in [6, 6.07) is 0. The first-order valence-electron chi connectivity index (χ1n) is 6.45. The van der Waals surface area contributed by atoms with Gasteiger partial charge in [0.25, 0.3) is 0 Å². The molecule has 2 N–H and O–H groups in total. The van der Waals surface area contributed by atoms with Crippen molar-refractivity contribution in [1.82, 2.24) is 0 Å². The maximum atomic E-state index is 9.42. The summed E-state index contributed by atoms with van der Waals surface area (Å²) in [6.07, 6.45) is -2.83. The zero-order valence-corrected chi connectivity index (χ0v) is 12.2. The summed E-state index contributed by atoms with van der Waals surface area (Å²) < 4.78 is 29.7. The van der Waals surface area contributed by atoms with Crippen molar-refractivity contribution in [1.29, 1.82) is 0 Å². The summed E-state index contributed by atoms with van der Waals surface area (Å²) in [7, 11) is 3.16. The summed E-state index contributed by atoms with van der Waals surface area (Å²) >= 11 is 0. The van der Waals surface area contributed by atoms with Crippen LogP contribution in [0.2, 0.25) is 0 Å². The topological polar surface area (TPSA) is 95.8 Å². The Morgan fingerprint density at radius 3 is 1.30 bits per heavy atom. The predicted molar refractivity (Wildman–Crippen MR) is 69.3 cm³/mol. The van der Waals surface area contributed by atoms with Crippen molar-refractivity contribution in [3.63, 3.8) is 0 Å². The van der Waals surface area contributed by atoms with Gasteiger partial charge in [0.15, 0.2) is 0 Å². The van der Waals surface area contributed by atoms with Gasteiger partial charge >= 0.3 is 0 Å². The summed E-state index contributed by atoms with van der Waals surface area (Å²) in [6.45, 7) is 2.79. The molecule has 0 radical (unpaired) electrons. The molecule has 8 nitrogen and oxygen atoms in total. The van der Waals surface area contributed by atoms with Crippen LogP contribution in [0.1, 0.15) is 0 Å². The molecule has 0 aromatic carbocycles. The highest BCUT2D eigenvalue weighted by Gasteiger charge is 2.16. The van der Waals surface area contributed by atoms with Gasteiger partial charge in [-0.1, -0.05) is 0 Å². The van der Waals surface area contributed by atoms with Crippen molar-refractivity contribution < 1.29 is 38.6 Å². The van der Waals surface area contributed by atoms with E-state index in [0.29, 0.717) is 39.6 Å². The van der Waals surface area contributed by atoms with Gasteiger partial charge in [-0.3, -0.25) is 0 Å². The molecule has 0 fully saturated rings. The third-order valence-electron chi connectivity index (χ3n) is 2.14. The zero-order valence-electron chi connectivity index (χ0n) is 12.2.